The first kappa shape index (κ1) is 28.7. The zero-order valence-electron chi connectivity index (χ0n) is 28.1. The summed E-state index contributed by atoms with van der Waals surface area (Å²) in [6, 6.07) is 64.9. The van der Waals surface area contributed by atoms with E-state index >= 15 is 0 Å². The van der Waals surface area contributed by atoms with Crippen LogP contribution in [0.5, 0.6) is 0 Å². The summed E-state index contributed by atoms with van der Waals surface area (Å²) in [5.74, 6) is 1.31. The molecule has 11 rings (SSSR count). The van der Waals surface area contributed by atoms with Crippen LogP contribution in [-0.2, 0) is 4.74 Å². The normalized spacial score (nSPS) is 12.7. The molecule has 0 atom stereocenters. The number of benzene rings is 8. The van der Waals surface area contributed by atoms with E-state index in [1.807, 2.05) is 30.3 Å². The van der Waals surface area contributed by atoms with Crippen LogP contribution in [0.2, 0.25) is 0 Å². The highest BCUT2D eigenvalue weighted by atomic mass is 16.5. The van der Waals surface area contributed by atoms with Crippen molar-refractivity contribution in [1.29, 1.82) is 0 Å². The van der Waals surface area contributed by atoms with Crippen LogP contribution in [0, 0.1) is 0 Å². The van der Waals surface area contributed by atoms with Crippen LogP contribution in [0.3, 0.4) is 0 Å². The number of nitrogens with zero attached hydrogens (tertiary/aromatic N) is 3. The minimum absolute atomic E-state index is 0.648. The van der Waals surface area contributed by atoms with E-state index in [-0.39, 0.29) is 0 Å². The highest BCUT2D eigenvalue weighted by Crippen LogP contribution is 2.39. The monoisotopic (exact) mass is 664 g/mol. The molecule has 0 saturated carbocycles. The Morgan fingerprint density at radius 1 is 0.346 bits per heavy atom. The van der Waals surface area contributed by atoms with E-state index in [0.717, 1.165) is 16.8 Å². The number of hydrogen-bond donors (Lipinski definition) is 0. The van der Waals surface area contributed by atoms with Crippen LogP contribution in [0.4, 0.5) is 0 Å². The molecule has 4 heteroatoms. The lowest BCUT2D eigenvalue weighted by Gasteiger charge is -2.12. The quantitative estimate of drug-likeness (QED) is 0.169. The number of aromatic nitrogens is 2. The molecule has 0 N–H and O–H groups in total. The Labute approximate surface area is 299 Å². The lowest BCUT2D eigenvalue weighted by molar-refractivity contribution is 0.511. The Morgan fingerprint density at radius 2 is 0.827 bits per heavy atom. The zero-order valence-corrected chi connectivity index (χ0v) is 28.1. The van der Waals surface area contributed by atoms with Gasteiger partial charge in [0.15, 0.2) is 0 Å². The molecule has 8 aromatic carbocycles. The molecule has 3 heterocycles. The molecule has 0 unspecified atom stereocenters. The van der Waals surface area contributed by atoms with Gasteiger partial charge in [-0.05, 0) is 95.4 Å². The van der Waals surface area contributed by atoms with Crippen LogP contribution >= 0.6 is 0 Å². The standard InChI is InChI=1S/C48H30N3O/c1-2-12-32(13-3-1)47-49-48(52-47)33-21-25-36(26-22-33)50-43-18-8-6-16-38(43)40-29-34(23-27-45(40)50)35-24-28-46-41(30-35)39-17-7-9-19-44(39)51(46)42-20-10-14-31-11-4-5-15-37(31)42/h1-30H/q+1. The minimum Gasteiger partial charge on any atom is -0.321 e. The third-order valence-electron chi connectivity index (χ3n) is 10.5. The van der Waals surface area contributed by atoms with Crippen LogP contribution in [0.15, 0.2) is 182 Å². The summed E-state index contributed by atoms with van der Waals surface area (Å²) in [6.07, 6.45) is 0. The van der Waals surface area contributed by atoms with Crippen LogP contribution < -0.4 is 4.67 Å². The van der Waals surface area contributed by atoms with E-state index in [9.17, 15) is 0 Å². The topological polar surface area (TPSA) is 33.2 Å². The molecule has 0 bridgehead atoms. The molecule has 0 spiro atoms. The number of hydrogen-bond acceptors (Lipinski definition) is 1. The van der Waals surface area contributed by atoms with Crippen molar-refractivity contribution in [3.63, 3.8) is 0 Å². The van der Waals surface area contributed by atoms with Crippen LogP contribution in [-0.4, -0.2) is 20.9 Å². The second kappa shape index (κ2) is 11.2. The first-order valence-electron chi connectivity index (χ1n) is 17.6. The molecular weight excluding hydrogens is 635 g/mol. The van der Waals surface area contributed by atoms with Crippen molar-refractivity contribution in [1.82, 2.24) is 13.8 Å². The van der Waals surface area contributed by atoms with Gasteiger partial charge in [0.25, 0.3) is 0 Å². The van der Waals surface area contributed by atoms with E-state index < -0.39 is 0 Å². The van der Waals surface area contributed by atoms with Crippen molar-refractivity contribution >= 4 is 66.2 Å². The molecule has 0 amide bonds. The summed E-state index contributed by atoms with van der Waals surface area (Å²) in [5, 5.41) is 7.44. The SMILES string of the molecule is c1ccc(C2=[N+]=C(c3ccc(-n4c5ccccc5c5cc(-c6ccc7c(c6)c6ccccc6n7-c6cccc7ccccc67)ccc54)cc3)O2)cc1. The Kier molecular flexibility index (Phi) is 6.17. The largest absolute Gasteiger partial charge is 0.510 e. The summed E-state index contributed by atoms with van der Waals surface area (Å²) in [6.45, 7) is 0. The van der Waals surface area contributed by atoms with Crippen LogP contribution in [0.1, 0.15) is 11.1 Å². The predicted octanol–water partition coefficient (Wildman–Crippen LogP) is 11.0. The van der Waals surface area contributed by atoms with Gasteiger partial charge in [0, 0.05) is 37.3 Å². The Morgan fingerprint density at radius 3 is 1.50 bits per heavy atom. The summed E-state index contributed by atoms with van der Waals surface area (Å²) in [5.41, 5.74) is 11.4. The molecule has 1 aliphatic rings. The van der Waals surface area contributed by atoms with Gasteiger partial charge in [-0.1, -0.05) is 103 Å². The van der Waals surface area contributed by atoms with E-state index in [1.165, 1.54) is 71.2 Å². The lowest BCUT2D eigenvalue weighted by Crippen LogP contribution is -2.29. The van der Waals surface area contributed by atoms with Gasteiger partial charge in [-0.15, -0.1) is 0 Å². The fourth-order valence-corrected chi connectivity index (χ4v) is 8.02. The van der Waals surface area contributed by atoms with E-state index in [4.69, 9.17) is 4.74 Å². The van der Waals surface area contributed by atoms with Gasteiger partial charge in [-0.2, -0.15) is 0 Å². The maximum atomic E-state index is 5.99. The first-order chi connectivity index (χ1) is 25.8. The molecule has 0 radical (unpaired) electrons. The second-order valence-corrected chi connectivity index (χ2v) is 13.4. The van der Waals surface area contributed by atoms with Gasteiger partial charge in [0.05, 0.1) is 27.8 Å². The van der Waals surface area contributed by atoms with Crippen molar-refractivity contribution in [3.8, 4) is 22.5 Å². The van der Waals surface area contributed by atoms with Crippen LogP contribution in [0.25, 0.3) is 76.9 Å². The molecule has 242 valence electrons. The number of ether oxygens (including phenoxy) is 1. The van der Waals surface area contributed by atoms with Gasteiger partial charge in [0.2, 0.25) is 0 Å². The van der Waals surface area contributed by atoms with E-state index in [1.54, 1.807) is 0 Å². The van der Waals surface area contributed by atoms with Crippen molar-refractivity contribution in [3.05, 3.63) is 193 Å². The Hall–Kier alpha value is -7.13. The predicted molar refractivity (Wildman–Crippen MR) is 216 cm³/mol. The van der Waals surface area contributed by atoms with Crippen molar-refractivity contribution in [2.24, 2.45) is 0 Å². The lowest BCUT2D eigenvalue weighted by atomic mass is 10.0. The third kappa shape index (κ3) is 4.32. The molecule has 52 heavy (non-hydrogen) atoms. The van der Waals surface area contributed by atoms with Gasteiger partial charge in [-0.3, -0.25) is 0 Å². The molecule has 10 aromatic rings. The van der Waals surface area contributed by atoms with Gasteiger partial charge in [-0.25, -0.2) is 0 Å². The van der Waals surface area contributed by atoms with Gasteiger partial charge < -0.3 is 13.9 Å². The molecule has 0 fully saturated rings. The first-order valence-corrected chi connectivity index (χ1v) is 17.6. The Balaban J connectivity index is 1.02. The molecule has 1 aliphatic heterocycles. The van der Waals surface area contributed by atoms with E-state index in [2.05, 4.69) is 165 Å². The summed E-state index contributed by atoms with van der Waals surface area (Å²) < 4.78 is 15.4. The highest BCUT2D eigenvalue weighted by molar-refractivity contribution is 6.15. The van der Waals surface area contributed by atoms with Crippen molar-refractivity contribution in [2.75, 3.05) is 0 Å². The summed E-state index contributed by atoms with van der Waals surface area (Å²) in [4.78, 5) is 0. The number of rotatable bonds is 5. The highest BCUT2D eigenvalue weighted by Gasteiger charge is 2.34. The molecular formula is C48H30N3O+. The Bertz CT molecular complexity index is 3120. The smallest absolute Gasteiger partial charge is 0.321 e. The van der Waals surface area contributed by atoms with Crippen molar-refractivity contribution < 1.29 is 4.74 Å². The average molecular weight is 665 g/mol. The molecule has 0 saturated heterocycles. The summed E-state index contributed by atoms with van der Waals surface area (Å²) in [7, 11) is 0. The number of para-hydroxylation sites is 2. The summed E-state index contributed by atoms with van der Waals surface area (Å²) >= 11 is 0. The van der Waals surface area contributed by atoms with Crippen molar-refractivity contribution in [2.45, 2.75) is 0 Å². The minimum atomic E-state index is 0.648. The molecule has 4 nitrogen and oxygen atoms in total. The van der Waals surface area contributed by atoms with Gasteiger partial charge in [0.1, 0.15) is 11.1 Å². The number of fused-ring (bicyclic) bond motifs is 7. The van der Waals surface area contributed by atoms with Gasteiger partial charge >= 0.3 is 11.8 Å². The van der Waals surface area contributed by atoms with E-state index in [0.29, 0.717) is 11.8 Å². The third-order valence-corrected chi connectivity index (χ3v) is 10.5. The second-order valence-electron chi connectivity index (χ2n) is 13.4. The zero-order chi connectivity index (χ0) is 34.2. The molecule has 0 aliphatic carbocycles. The average Bonchev–Trinajstić information content (AvgIpc) is 3.70. The fraction of sp³-hybridized carbons (Fsp3) is 0. The maximum absolute atomic E-state index is 5.99. The molecule has 2 aromatic heterocycles. The maximum Gasteiger partial charge on any atom is 0.510 e. The fourth-order valence-electron chi connectivity index (χ4n) is 8.02.